The van der Waals surface area contributed by atoms with Crippen molar-refractivity contribution >= 4 is 11.7 Å². The van der Waals surface area contributed by atoms with Gasteiger partial charge in [0.1, 0.15) is 5.69 Å². The molecule has 0 radical (unpaired) electrons. The first kappa shape index (κ1) is 14.2. The van der Waals surface area contributed by atoms with Gasteiger partial charge in [-0.3, -0.25) is 9.48 Å². The van der Waals surface area contributed by atoms with E-state index >= 15 is 0 Å². The van der Waals surface area contributed by atoms with E-state index in [0.717, 1.165) is 37.4 Å². The van der Waals surface area contributed by atoms with E-state index in [1.807, 2.05) is 0 Å². The number of hydrogen-bond donors (Lipinski definition) is 1. The Kier molecular flexibility index (Phi) is 3.48. The molecule has 0 bridgehead atoms. The molecule has 0 atom stereocenters. The second-order valence-electron chi connectivity index (χ2n) is 6.35. The van der Waals surface area contributed by atoms with Crippen LogP contribution in [-0.2, 0) is 19.9 Å². The molecule has 7 nitrogen and oxygen atoms in total. The van der Waals surface area contributed by atoms with E-state index in [4.69, 9.17) is 0 Å². The van der Waals surface area contributed by atoms with Gasteiger partial charge in [-0.1, -0.05) is 0 Å². The van der Waals surface area contributed by atoms with Gasteiger partial charge in [-0.15, -0.1) is 5.10 Å². The molecule has 2 aromatic rings. The molecule has 120 valence electrons. The highest BCUT2D eigenvalue weighted by atomic mass is 16.2. The summed E-state index contributed by atoms with van der Waals surface area (Å²) < 4.78 is 1.59. The maximum absolute atomic E-state index is 12.0. The molecule has 1 fully saturated rings. The van der Waals surface area contributed by atoms with Gasteiger partial charge in [0.15, 0.2) is 5.82 Å². The smallest absolute Gasteiger partial charge is 0.269 e. The number of nitrogens with zero attached hydrogens (tertiary/aromatic N) is 5. The fourth-order valence-electron chi connectivity index (χ4n) is 3.28. The van der Waals surface area contributed by atoms with E-state index in [-0.39, 0.29) is 5.91 Å². The van der Waals surface area contributed by atoms with Crippen molar-refractivity contribution in [3.63, 3.8) is 0 Å². The Bertz CT molecular complexity index is 734. The topological polar surface area (TPSA) is 75.9 Å². The van der Waals surface area contributed by atoms with Gasteiger partial charge in [-0.05, 0) is 37.0 Å². The van der Waals surface area contributed by atoms with Crippen LogP contribution < -0.4 is 10.2 Å². The van der Waals surface area contributed by atoms with Gasteiger partial charge in [-0.25, -0.2) is 0 Å². The molecule has 0 unspecified atom stereocenters. The van der Waals surface area contributed by atoms with E-state index in [0.29, 0.717) is 18.2 Å². The van der Waals surface area contributed by atoms with Gasteiger partial charge in [0.25, 0.3) is 5.91 Å². The van der Waals surface area contributed by atoms with Crippen LogP contribution in [0.1, 0.15) is 28.2 Å². The normalized spacial score (nSPS) is 17.0. The molecule has 0 spiro atoms. The lowest BCUT2D eigenvalue weighted by atomic mass is 10.00. The summed E-state index contributed by atoms with van der Waals surface area (Å²) in [6.45, 7) is 2.51. The molecule has 0 aromatic carbocycles. The van der Waals surface area contributed by atoms with E-state index in [9.17, 15) is 4.79 Å². The second-order valence-corrected chi connectivity index (χ2v) is 6.35. The van der Waals surface area contributed by atoms with Gasteiger partial charge >= 0.3 is 0 Å². The molecular formula is C16H20N6O. The van der Waals surface area contributed by atoms with E-state index in [1.165, 1.54) is 12.0 Å². The fraction of sp³-hybridized carbons (Fsp3) is 0.500. The number of carbonyl (C=O) groups is 1. The van der Waals surface area contributed by atoms with E-state index < -0.39 is 0 Å². The zero-order valence-electron chi connectivity index (χ0n) is 13.2. The van der Waals surface area contributed by atoms with Crippen LogP contribution in [0.25, 0.3) is 0 Å². The number of aromatic nitrogens is 4. The highest BCUT2D eigenvalue weighted by Gasteiger charge is 2.29. The van der Waals surface area contributed by atoms with E-state index in [1.54, 1.807) is 24.0 Å². The number of rotatable bonds is 4. The maximum Gasteiger partial charge on any atom is 0.269 e. The van der Waals surface area contributed by atoms with Gasteiger partial charge in [0.05, 0.1) is 5.69 Å². The number of carbonyl (C=O) groups excluding carboxylic acids is 1. The number of fused-ring (bicyclic) bond motifs is 1. The zero-order chi connectivity index (χ0) is 15.8. The molecule has 1 aliphatic carbocycles. The molecule has 2 aromatic heterocycles. The van der Waals surface area contributed by atoms with Crippen LogP contribution in [-0.4, -0.2) is 45.5 Å². The summed E-state index contributed by atoms with van der Waals surface area (Å²) in [6.07, 6.45) is 5.00. The van der Waals surface area contributed by atoms with Crippen molar-refractivity contribution in [2.45, 2.75) is 19.3 Å². The highest BCUT2D eigenvalue weighted by Crippen LogP contribution is 2.26. The number of amides is 1. The number of hydrogen-bond acceptors (Lipinski definition) is 5. The van der Waals surface area contributed by atoms with Crippen molar-refractivity contribution in [2.24, 2.45) is 13.0 Å². The summed E-state index contributed by atoms with van der Waals surface area (Å²) in [4.78, 5) is 14.3. The first-order valence-electron chi connectivity index (χ1n) is 8.07. The highest BCUT2D eigenvalue weighted by molar-refractivity contribution is 5.92. The largest absolute Gasteiger partial charge is 0.354 e. The zero-order valence-corrected chi connectivity index (χ0v) is 13.2. The Hall–Kier alpha value is -2.44. The van der Waals surface area contributed by atoms with Crippen LogP contribution in [0.15, 0.2) is 18.3 Å². The predicted molar refractivity (Wildman–Crippen MR) is 85.3 cm³/mol. The summed E-state index contributed by atoms with van der Waals surface area (Å²) in [5.74, 6) is 1.36. The van der Waals surface area contributed by atoms with Crippen molar-refractivity contribution in [1.29, 1.82) is 0 Å². The molecule has 1 N–H and O–H groups in total. The monoisotopic (exact) mass is 312 g/mol. The summed E-state index contributed by atoms with van der Waals surface area (Å²) in [6, 6.07) is 3.91. The Morgan fingerprint density at radius 3 is 3.00 bits per heavy atom. The Labute approximate surface area is 134 Å². The molecule has 4 rings (SSSR count). The summed E-state index contributed by atoms with van der Waals surface area (Å²) in [5, 5.41) is 15.7. The number of anilines is 1. The average Bonchev–Trinajstić information content (AvgIpc) is 3.13. The first-order valence-corrected chi connectivity index (χ1v) is 8.07. The Morgan fingerprint density at radius 1 is 1.35 bits per heavy atom. The molecule has 2 aliphatic rings. The minimum absolute atomic E-state index is 0.0687. The quantitative estimate of drug-likeness (QED) is 0.893. The van der Waals surface area contributed by atoms with Gasteiger partial charge in [0, 0.05) is 38.8 Å². The second kappa shape index (κ2) is 5.64. The molecule has 1 saturated heterocycles. The molecule has 7 heteroatoms. The van der Waals surface area contributed by atoms with E-state index in [2.05, 4.69) is 31.6 Å². The van der Waals surface area contributed by atoms with Crippen LogP contribution in [0.4, 0.5) is 5.82 Å². The molecule has 1 aliphatic heterocycles. The SMILES string of the molecule is Cn1nccc1C(=O)NCC1CN(c2cc3c(nn2)CCC3)C1. The molecule has 0 saturated carbocycles. The standard InChI is InChI=1S/C16H20N6O/c1-21-14(5-6-18-21)16(23)17-8-11-9-22(10-11)15-7-12-3-2-4-13(12)19-20-15/h5-7,11H,2-4,8-10H2,1H3,(H,17,23). The minimum atomic E-state index is -0.0687. The lowest BCUT2D eigenvalue weighted by molar-refractivity contribution is 0.0935. The number of aryl methyl sites for hydroxylation is 3. The van der Waals surface area contributed by atoms with Crippen molar-refractivity contribution in [3.8, 4) is 0 Å². The van der Waals surface area contributed by atoms with Gasteiger partial charge in [0.2, 0.25) is 0 Å². The Balaban J connectivity index is 1.29. The summed E-state index contributed by atoms with van der Waals surface area (Å²) >= 11 is 0. The molecule has 1 amide bonds. The predicted octanol–water partition coefficient (Wildman–Crippen LogP) is 0.565. The first-order chi connectivity index (χ1) is 11.2. The molecule has 3 heterocycles. The van der Waals surface area contributed by atoms with Crippen LogP contribution in [0, 0.1) is 5.92 Å². The lowest BCUT2D eigenvalue weighted by Gasteiger charge is -2.40. The number of nitrogens with one attached hydrogen (secondary N) is 1. The molecule has 23 heavy (non-hydrogen) atoms. The fourth-order valence-corrected chi connectivity index (χ4v) is 3.28. The Morgan fingerprint density at radius 2 is 2.22 bits per heavy atom. The van der Waals surface area contributed by atoms with Crippen molar-refractivity contribution in [1.82, 2.24) is 25.3 Å². The molecular weight excluding hydrogens is 292 g/mol. The third-order valence-electron chi connectivity index (χ3n) is 4.69. The van der Waals surface area contributed by atoms with Crippen molar-refractivity contribution < 1.29 is 4.79 Å². The van der Waals surface area contributed by atoms with Gasteiger partial charge in [-0.2, -0.15) is 10.2 Å². The maximum atomic E-state index is 12.0. The van der Waals surface area contributed by atoms with Crippen LogP contribution in [0.3, 0.4) is 0 Å². The lowest BCUT2D eigenvalue weighted by Crippen LogP contribution is -2.52. The third kappa shape index (κ3) is 2.67. The van der Waals surface area contributed by atoms with Crippen molar-refractivity contribution in [3.05, 3.63) is 35.3 Å². The van der Waals surface area contributed by atoms with Crippen LogP contribution in [0.5, 0.6) is 0 Å². The van der Waals surface area contributed by atoms with Crippen LogP contribution >= 0.6 is 0 Å². The third-order valence-corrected chi connectivity index (χ3v) is 4.69. The summed E-state index contributed by atoms with van der Waals surface area (Å²) in [7, 11) is 1.77. The van der Waals surface area contributed by atoms with Crippen LogP contribution in [0.2, 0.25) is 0 Å². The summed E-state index contributed by atoms with van der Waals surface area (Å²) in [5.41, 5.74) is 3.10. The minimum Gasteiger partial charge on any atom is -0.354 e. The van der Waals surface area contributed by atoms with Crippen molar-refractivity contribution in [2.75, 3.05) is 24.5 Å². The van der Waals surface area contributed by atoms with Gasteiger partial charge < -0.3 is 10.2 Å². The average molecular weight is 312 g/mol.